The van der Waals surface area contributed by atoms with Gasteiger partial charge in [0.1, 0.15) is 11.5 Å². The smallest absolute Gasteiger partial charge is 0.118 e. The molecular weight excluding hydrogens is 188 g/mol. The molecule has 0 fully saturated rings. The third kappa shape index (κ3) is 3.68. The van der Waals surface area contributed by atoms with Crippen molar-refractivity contribution in [2.75, 3.05) is 7.05 Å². The maximum absolute atomic E-state index is 5.57. The van der Waals surface area contributed by atoms with Gasteiger partial charge in [-0.15, -0.1) is 0 Å². The quantitative estimate of drug-likeness (QED) is 0.783. The minimum Gasteiger partial charge on any atom is -0.463 e. The molecule has 3 heteroatoms. The van der Waals surface area contributed by atoms with Crippen molar-refractivity contribution in [3.8, 4) is 0 Å². The Morgan fingerprint density at radius 2 is 2.07 bits per heavy atom. The van der Waals surface area contributed by atoms with Gasteiger partial charge in [0, 0.05) is 6.04 Å². The fourth-order valence-corrected chi connectivity index (χ4v) is 1.66. The molecular formula is C12H22N2O. The van der Waals surface area contributed by atoms with Crippen LogP contribution in [0.25, 0.3) is 0 Å². The maximum Gasteiger partial charge on any atom is 0.118 e. The van der Waals surface area contributed by atoms with Crippen molar-refractivity contribution >= 4 is 0 Å². The molecule has 1 rings (SSSR count). The van der Waals surface area contributed by atoms with Crippen LogP contribution in [0.15, 0.2) is 16.5 Å². The van der Waals surface area contributed by atoms with Crippen molar-refractivity contribution in [3.05, 3.63) is 23.7 Å². The summed E-state index contributed by atoms with van der Waals surface area (Å²) in [5.74, 6) is 1.86. The molecule has 15 heavy (non-hydrogen) atoms. The van der Waals surface area contributed by atoms with Crippen LogP contribution in [0.1, 0.15) is 38.2 Å². The second kappa shape index (κ2) is 5.93. The van der Waals surface area contributed by atoms with E-state index in [0.29, 0.717) is 12.6 Å². The van der Waals surface area contributed by atoms with Gasteiger partial charge >= 0.3 is 0 Å². The number of nitrogens with two attached hydrogens (primary N) is 1. The van der Waals surface area contributed by atoms with Gasteiger partial charge in [-0.25, -0.2) is 0 Å². The van der Waals surface area contributed by atoms with Crippen LogP contribution in [-0.4, -0.2) is 18.0 Å². The van der Waals surface area contributed by atoms with E-state index >= 15 is 0 Å². The van der Waals surface area contributed by atoms with Gasteiger partial charge in [0.2, 0.25) is 0 Å². The van der Waals surface area contributed by atoms with Gasteiger partial charge in [-0.1, -0.05) is 13.3 Å². The van der Waals surface area contributed by atoms with Crippen LogP contribution in [0.3, 0.4) is 0 Å². The zero-order chi connectivity index (χ0) is 11.3. The highest BCUT2D eigenvalue weighted by Crippen LogP contribution is 2.12. The largest absolute Gasteiger partial charge is 0.463 e. The van der Waals surface area contributed by atoms with E-state index in [1.165, 1.54) is 12.8 Å². The Morgan fingerprint density at radius 1 is 1.40 bits per heavy atom. The molecule has 0 radical (unpaired) electrons. The Balaban J connectivity index is 2.46. The predicted molar refractivity (Wildman–Crippen MR) is 62.4 cm³/mol. The molecule has 0 saturated carbocycles. The monoisotopic (exact) mass is 210 g/mol. The second-order valence-electron chi connectivity index (χ2n) is 4.12. The van der Waals surface area contributed by atoms with Crippen LogP contribution in [-0.2, 0) is 13.1 Å². The summed E-state index contributed by atoms with van der Waals surface area (Å²) in [5.41, 5.74) is 5.49. The normalized spacial score (nSPS) is 13.4. The molecule has 1 atom stereocenters. The summed E-state index contributed by atoms with van der Waals surface area (Å²) in [6, 6.07) is 4.56. The summed E-state index contributed by atoms with van der Waals surface area (Å²) in [4.78, 5) is 2.31. The van der Waals surface area contributed by atoms with Gasteiger partial charge in [0.05, 0.1) is 13.1 Å². The molecule has 0 bridgehead atoms. The van der Waals surface area contributed by atoms with E-state index in [1.54, 1.807) is 0 Å². The Hall–Kier alpha value is -0.800. The van der Waals surface area contributed by atoms with Crippen LogP contribution in [0.2, 0.25) is 0 Å². The minimum atomic E-state index is 0.480. The van der Waals surface area contributed by atoms with Gasteiger partial charge in [-0.3, -0.25) is 4.90 Å². The molecule has 2 N–H and O–H groups in total. The molecule has 1 heterocycles. The summed E-state index contributed by atoms with van der Waals surface area (Å²) >= 11 is 0. The number of nitrogens with zero attached hydrogens (tertiary/aromatic N) is 1. The molecule has 0 saturated heterocycles. The van der Waals surface area contributed by atoms with E-state index < -0.39 is 0 Å². The van der Waals surface area contributed by atoms with Gasteiger partial charge in [0.15, 0.2) is 0 Å². The van der Waals surface area contributed by atoms with Crippen molar-refractivity contribution in [1.82, 2.24) is 4.90 Å². The molecule has 0 aliphatic heterocycles. The van der Waals surface area contributed by atoms with Crippen LogP contribution >= 0.6 is 0 Å². The highest BCUT2D eigenvalue weighted by atomic mass is 16.3. The molecule has 0 amide bonds. The molecule has 86 valence electrons. The standard InChI is InChI=1S/C12H22N2O/c1-4-5-10(2)14(3)9-12-7-6-11(8-13)15-12/h6-7,10H,4-5,8-9,13H2,1-3H3. The highest BCUT2D eigenvalue weighted by Gasteiger charge is 2.10. The molecule has 0 spiro atoms. The first-order chi connectivity index (χ1) is 7.17. The van der Waals surface area contributed by atoms with Crippen LogP contribution in [0.5, 0.6) is 0 Å². The number of hydrogen-bond donors (Lipinski definition) is 1. The third-order valence-electron chi connectivity index (χ3n) is 2.78. The average Bonchev–Trinajstić information content (AvgIpc) is 2.66. The Kier molecular flexibility index (Phi) is 4.85. The lowest BCUT2D eigenvalue weighted by molar-refractivity contribution is 0.217. The summed E-state index contributed by atoms with van der Waals surface area (Å²) in [5, 5.41) is 0. The Bertz CT molecular complexity index is 283. The minimum absolute atomic E-state index is 0.480. The molecule has 1 aromatic rings. The van der Waals surface area contributed by atoms with Gasteiger partial charge < -0.3 is 10.2 Å². The van der Waals surface area contributed by atoms with Gasteiger partial charge in [-0.2, -0.15) is 0 Å². The summed E-state index contributed by atoms with van der Waals surface area (Å²) < 4.78 is 5.57. The lowest BCUT2D eigenvalue weighted by Crippen LogP contribution is -2.28. The van der Waals surface area contributed by atoms with Crippen molar-refractivity contribution in [1.29, 1.82) is 0 Å². The van der Waals surface area contributed by atoms with E-state index in [9.17, 15) is 0 Å². The Labute approximate surface area is 92.2 Å². The lowest BCUT2D eigenvalue weighted by atomic mass is 10.2. The second-order valence-corrected chi connectivity index (χ2v) is 4.12. The third-order valence-corrected chi connectivity index (χ3v) is 2.78. The molecule has 1 aromatic heterocycles. The zero-order valence-corrected chi connectivity index (χ0v) is 9.99. The van der Waals surface area contributed by atoms with Crippen LogP contribution < -0.4 is 5.73 Å². The fourth-order valence-electron chi connectivity index (χ4n) is 1.66. The van der Waals surface area contributed by atoms with E-state index in [1.807, 2.05) is 12.1 Å². The highest BCUT2D eigenvalue weighted by molar-refractivity contribution is 5.06. The number of furan rings is 1. The van der Waals surface area contributed by atoms with Crippen molar-refractivity contribution in [2.24, 2.45) is 5.73 Å². The van der Waals surface area contributed by atoms with E-state index in [0.717, 1.165) is 18.1 Å². The SMILES string of the molecule is CCCC(C)N(C)Cc1ccc(CN)o1. The van der Waals surface area contributed by atoms with Crippen molar-refractivity contribution < 1.29 is 4.42 Å². The van der Waals surface area contributed by atoms with E-state index in [-0.39, 0.29) is 0 Å². The molecule has 1 unspecified atom stereocenters. The first-order valence-electron chi connectivity index (χ1n) is 5.65. The van der Waals surface area contributed by atoms with Crippen molar-refractivity contribution in [3.63, 3.8) is 0 Å². The first kappa shape index (κ1) is 12.3. The summed E-state index contributed by atoms with van der Waals surface area (Å²) in [6.45, 7) is 5.80. The molecule has 0 aliphatic rings. The average molecular weight is 210 g/mol. The summed E-state index contributed by atoms with van der Waals surface area (Å²) in [7, 11) is 2.13. The summed E-state index contributed by atoms with van der Waals surface area (Å²) in [6.07, 6.45) is 2.44. The van der Waals surface area contributed by atoms with Crippen molar-refractivity contribution in [2.45, 2.75) is 45.8 Å². The van der Waals surface area contributed by atoms with E-state index in [2.05, 4.69) is 25.8 Å². The predicted octanol–water partition coefficient (Wildman–Crippen LogP) is 2.36. The molecule has 0 aliphatic carbocycles. The molecule has 0 aromatic carbocycles. The van der Waals surface area contributed by atoms with E-state index in [4.69, 9.17) is 10.2 Å². The first-order valence-corrected chi connectivity index (χ1v) is 5.65. The number of hydrogen-bond acceptors (Lipinski definition) is 3. The molecule has 3 nitrogen and oxygen atoms in total. The van der Waals surface area contributed by atoms with Crippen LogP contribution in [0, 0.1) is 0 Å². The van der Waals surface area contributed by atoms with Crippen LogP contribution in [0.4, 0.5) is 0 Å². The maximum atomic E-state index is 5.57. The van der Waals surface area contributed by atoms with Gasteiger partial charge in [-0.05, 0) is 32.5 Å². The number of rotatable bonds is 6. The Morgan fingerprint density at radius 3 is 2.60 bits per heavy atom. The zero-order valence-electron chi connectivity index (χ0n) is 9.99. The van der Waals surface area contributed by atoms with Gasteiger partial charge in [0.25, 0.3) is 0 Å². The fraction of sp³-hybridized carbons (Fsp3) is 0.667. The lowest BCUT2D eigenvalue weighted by Gasteiger charge is -2.23. The topological polar surface area (TPSA) is 42.4 Å².